The lowest BCUT2D eigenvalue weighted by Crippen LogP contribution is -2.41. The number of benzene rings is 1. The highest BCUT2D eigenvalue weighted by molar-refractivity contribution is 5.95. The third kappa shape index (κ3) is 4.48. The Hall–Kier alpha value is -2.04. The lowest BCUT2D eigenvalue weighted by molar-refractivity contribution is -0.119. The lowest BCUT2D eigenvalue weighted by Gasteiger charge is -2.30. The maximum absolute atomic E-state index is 11.9. The van der Waals surface area contributed by atoms with E-state index in [1.54, 1.807) is 0 Å². The molecule has 118 valence electrons. The van der Waals surface area contributed by atoms with Crippen LogP contribution in [0, 0.1) is 0 Å². The fourth-order valence-corrected chi connectivity index (χ4v) is 2.62. The molecule has 0 aromatic heterocycles. The number of likely N-dealkylation sites (tertiary alicyclic amines) is 1. The van der Waals surface area contributed by atoms with Gasteiger partial charge in [-0.2, -0.15) is 0 Å². The summed E-state index contributed by atoms with van der Waals surface area (Å²) in [7, 11) is 0. The fraction of sp³-hybridized carbons (Fsp3) is 0.529. The molecule has 1 heterocycles. The first-order valence-electron chi connectivity index (χ1n) is 8.22. The van der Waals surface area contributed by atoms with E-state index in [0.29, 0.717) is 6.04 Å². The van der Waals surface area contributed by atoms with E-state index in [1.165, 1.54) is 19.3 Å². The summed E-state index contributed by atoms with van der Waals surface area (Å²) in [5.74, 6) is 0.837. The zero-order chi connectivity index (χ0) is 15.2. The van der Waals surface area contributed by atoms with Crippen LogP contribution in [0.1, 0.15) is 32.1 Å². The SMILES string of the molecule is O=C(CN=C(Nc1ccccc1)N1CCCCC1)NC1CC1. The molecule has 5 nitrogen and oxygen atoms in total. The maximum atomic E-state index is 11.9. The van der Waals surface area contributed by atoms with Gasteiger partial charge in [0.25, 0.3) is 0 Å². The van der Waals surface area contributed by atoms with Crippen LogP contribution in [0.25, 0.3) is 0 Å². The summed E-state index contributed by atoms with van der Waals surface area (Å²) in [4.78, 5) is 18.7. The van der Waals surface area contributed by atoms with Crippen LogP contribution in [0.4, 0.5) is 5.69 Å². The van der Waals surface area contributed by atoms with Crippen molar-refractivity contribution in [3.05, 3.63) is 30.3 Å². The molecule has 0 bridgehead atoms. The van der Waals surface area contributed by atoms with Crippen molar-refractivity contribution >= 4 is 17.6 Å². The summed E-state index contributed by atoms with van der Waals surface area (Å²) in [6.45, 7) is 2.20. The Balaban J connectivity index is 1.65. The van der Waals surface area contributed by atoms with Crippen molar-refractivity contribution in [1.82, 2.24) is 10.2 Å². The Labute approximate surface area is 131 Å². The highest BCUT2D eigenvalue weighted by atomic mass is 16.2. The van der Waals surface area contributed by atoms with Gasteiger partial charge in [0, 0.05) is 24.8 Å². The van der Waals surface area contributed by atoms with Gasteiger partial charge in [-0.15, -0.1) is 0 Å². The number of aliphatic imine (C=N–C) groups is 1. The van der Waals surface area contributed by atoms with E-state index in [9.17, 15) is 4.79 Å². The third-order valence-corrected chi connectivity index (χ3v) is 4.00. The molecule has 1 aliphatic carbocycles. The summed E-state index contributed by atoms with van der Waals surface area (Å²) >= 11 is 0. The van der Waals surface area contributed by atoms with Crippen LogP contribution in [-0.2, 0) is 4.79 Å². The number of hydrogen-bond acceptors (Lipinski definition) is 2. The standard InChI is InChI=1S/C17H24N4O/c22-16(19-15-9-10-15)13-18-17(21-11-5-2-6-12-21)20-14-7-3-1-4-8-14/h1,3-4,7-8,15H,2,5-6,9-13H2,(H,18,20)(H,19,22). The molecule has 2 aliphatic rings. The Bertz CT molecular complexity index is 519. The van der Waals surface area contributed by atoms with Crippen LogP contribution in [0.2, 0.25) is 0 Å². The number of anilines is 1. The van der Waals surface area contributed by atoms with Gasteiger partial charge in [-0.05, 0) is 44.2 Å². The number of para-hydroxylation sites is 1. The number of guanidine groups is 1. The molecule has 5 heteroatoms. The van der Waals surface area contributed by atoms with Gasteiger partial charge in [0.2, 0.25) is 5.91 Å². The number of amides is 1. The number of piperidine rings is 1. The second-order valence-electron chi connectivity index (χ2n) is 6.02. The zero-order valence-corrected chi connectivity index (χ0v) is 12.9. The molecular formula is C17H24N4O. The van der Waals surface area contributed by atoms with Crippen LogP contribution in [-0.4, -0.2) is 42.4 Å². The molecule has 2 fully saturated rings. The van der Waals surface area contributed by atoms with Crippen molar-refractivity contribution < 1.29 is 4.79 Å². The highest BCUT2D eigenvalue weighted by Gasteiger charge is 2.23. The maximum Gasteiger partial charge on any atom is 0.242 e. The quantitative estimate of drug-likeness (QED) is 0.662. The normalized spacial score (nSPS) is 18.9. The van der Waals surface area contributed by atoms with Gasteiger partial charge in [-0.3, -0.25) is 4.79 Å². The largest absolute Gasteiger partial charge is 0.352 e. The van der Waals surface area contributed by atoms with Crippen LogP contribution in [0.3, 0.4) is 0 Å². The van der Waals surface area contributed by atoms with Gasteiger partial charge in [-0.1, -0.05) is 18.2 Å². The minimum absolute atomic E-state index is 0.0203. The molecule has 0 radical (unpaired) electrons. The van der Waals surface area contributed by atoms with Crippen molar-refractivity contribution in [1.29, 1.82) is 0 Å². The number of hydrogen-bond donors (Lipinski definition) is 2. The smallest absolute Gasteiger partial charge is 0.242 e. The average molecular weight is 300 g/mol. The van der Waals surface area contributed by atoms with Crippen LogP contribution in [0.15, 0.2) is 35.3 Å². The van der Waals surface area contributed by atoms with Gasteiger partial charge in [-0.25, -0.2) is 4.99 Å². The number of nitrogens with one attached hydrogen (secondary N) is 2. The Morgan fingerprint density at radius 3 is 2.55 bits per heavy atom. The van der Waals surface area contributed by atoms with E-state index in [2.05, 4.69) is 20.5 Å². The summed E-state index contributed by atoms with van der Waals surface area (Å²) in [6.07, 6.45) is 5.86. The molecule has 1 saturated heterocycles. The molecule has 1 aromatic rings. The van der Waals surface area contributed by atoms with Gasteiger partial charge < -0.3 is 15.5 Å². The van der Waals surface area contributed by atoms with Gasteiger partial charge in [0.1, 0.15) is 6.54 Å². The van der Waals surface area contributed by atoms with E-state index in [-0.39, 0.29) is 12.5 Å². The molecule has 1 saturated carbocycles. The average Bonchev–Trinajstić information content (AvgIpc) is 3.37. The number of carbonyl (C=O) groups is 1. The minimum atomic E-state index is 0.0203. The molecule has 2 N–H and O–H groups in total. The van der Waals surface area contributed by atoms with Gasteiger partial charge >= 0.3 is 0 Å². The first-order chi connectivity index (χ1) is 10.8. The molecule has 0 spiro atoms. The van der Waals surface area contributed by atoms with E-state index in [1.807, 2.05) is 30.3 Å². The molecule has 0 unspecified atom stereocenters. The number of carbonyl (C=O) groups excluding carboxylic acids is 1. The Morgan fingerprint density at radius 1 is 1.14 bits per heavy atom. The molecule has 1 amide bonds. The van der Waals surface area contributed by atoms with Crippen molar-refractivity contribution in [3.63, 3.8) is 0 Å². The summed E-state index contributed by atoms with van der Waals surface area (Å²) in [5, 5.41) is 6.35. The summed E-state index contributed by atoms with van der Waals surface area (Å²) < 4.78 is 0. The highest BCUT2D eigenvalue weighted by Crippen LogP contribution is 2.18. The van der Waals surface area contributed by atoms with Crippen molar-refractivity contribution in [2.24, 2.45) is 4.99 Å². The molecule has 1 aromatic carbocycles. The molecular weight excluding hydrogens is 276 g/mol. The summed E-state index contributed by atoms with van der Waals surface area (Å²) in [5.41, 5.74) is 1.01. The number of nitrogens with zero attached hydrogens (tertiary/aromatic N) is 2. The second kappa shape index (κ2) is 7.29. The Morgan fingerprint density at radius 2 is 1.86 bits per heavy atom. The Kier molecular flexibility index (Phi) is 4.93. The second-order valence-corrected chi connectivity index (χ2v) is 6.02. The predicted molar refractivity (Wildman–Crippen MR) is 89.0 cm³/mol. The first kappa shape index (κ1) is 14.9. The van der Waals surface area contributed by atoms with Crippen LogP contribution < -0.4 is 10.6 Å². The van der Waals surface area contributed by atoms with Crippen LogP contribution in [0.5, 0.6) is 0 Å². The van der Waals surface area contributed by atoms with E-state index < -0.39 is 0 Å². The van der Waals surface area contributed by atoms with Crippen molar-refractivity contribution in [3.8, 4) is 0 Å². The van der Waals surface area contributed by atoms with Gasteiger partial charge in [0.05, 0.1) is 0 Å². The first-order valence-corrected chi connectivity index (χ1v) is 8.22. The molecule has 0 atom stereocenters. The third-order valence-electron chi connectivity index (χ3n) is 4.00. The number of rotatable bonds is 4. The van der Waals surface area contributed by atoms with Crippen molar-refractivity contribution in [2.45, 2.75) is 38.1 Å². The van der Waals surface area contributed by atoms with E-state index in [4.69, 9.17) is 0 Å². The monoisotopic (exact) mass is 300 g/mol. The van der Waals surface area contributed by atoms with E-state index in [0.717, 1.165) is 37.6 Å². The molecule has 3 rings (SSSR count). The van der Waals surface area contributed by atoms with Crippen molar-refractivity contribution in [2.75, 3.05) is 25.0 Å². The van der Waals surface area contributed by atoms with E-state index >= 15 is 0 Å². The zero-order valence-electron chi connectivity index (χ0n) is 12.9. The summed E-state index contributed by atoms with van der Waals surface area (Å²) in [6, 6.07) is 10.4. The van der Waals surface area contributed by atoms with Crippen LogP contribution >= 0.6 is 0 Å². The molecule has 1 aliphatic heterocycles. The minimum Gasteiger partial charge on any atom is -0.352 e. The predicted octanol–water partition coefficient (Wildman–Crippen LogP) is 2.22. The molecule has 22 heavy (non-hydrogen) atoms. The van der Waals surface area contributed by atoms with Gasteiger partial charge in [0.15, 0.2) is 5.96 Å². The topological polar surface area (TPSA) is 56.7 Å². The fourth-order valence-electron chi connectivity index (χ4n) is 2.62. The lowest BCUT2D eigenvalue weighted by atomic mass is 10.1.